The smallest absolute Gasteiger partial charge is 0.321 e. The van der Waals surface area contributed by atoms with Crippen molar-refractivity contribution in [2.45, 2.75) is 6.04 Å². The molecule has 2 aliphatic rings. The number of hydrogen-bond acceptors (Lipinski definition) is 3. The maximum Gasteiger partial charge on any atom is 0.321 e. The van der Waals surface area contributed by atoms with E-state index in [1.807, 2.05) is 30.3 Å². The number of carbonyl (C=O) groups is 3. The predicted molar refractivity (Wildman–Crippen MR) is 75.5 cm³/mol. The molecule has 1 aromatic rings. The standard InChI is InChI=1S/C14H16N4O3/c19-12-13(20)18-7-6-17(9-11(18)8-15-12)14(21)16-10-4-2-1-3-5-10/h1-5,11H,6-9H2,(H,15,19)(H,16,21). The van der Waals surface area contributed by atoms with Gasteiger partial charge in [0.25, 0.3) is 0 Å². The number of hydrogen-bond donors (Lipinski definition) is 2. The molecule has 7 heteroatoms. The molecule has 1 aromatic carbocycles. The second kappa shape index (κ2) is 5.43. The van der Waals surface area contributed by atoms with Gasteiger partial charge in [-0.2, -0.15) is 0 Å². The van der Waals surface area contributed by atoms with Gasteiger partial charge >= 0.3 is 17.8 Å². The summed E-state index contributed by atoms with van der Waals surface area (Å²) < 4.78 is 0. The second-order valence-electron chi connectivity index (χ2n) is 5.10. The Bertz CT molecular complexity index is 575. The van der Waals surface area contributed by atoms with Gasteiger partial charge < -0.3 is 20.4 Å². The van der Waals surface area contributed by atoms with E-state index in [2.05, 4.69) is 10.6 Å². The zero-order valence-corrected chi connectivity index (χ0v) is 11.4. The van der Waals surface area contributed by atoms with Crippen molar-refractivity contribution in [1.82, 2.24) is 15.1 Å². The van der Waals surface area contributed by atoms with E-state index in [0.717, 1.165) is 5.69 Å². The summed E-state index contributed by atoms with van der Waals surface area (Å²) in [5.74, 6) is -1.07. The summed E-state index contributed by atoms with van der Waals surface area (Å²) in [5.41, 5.74) is 0.734. The average Bonchev–Trinajstić information content (AvgIpc) is 2.51. The molecule has 0 radical (unpaired) electrons. The minimum Gasteiger partial charge on any atom is -0.346 e. The Balaban J connectivity index is 1.63. The first-order valence-corrected chi connectivity index (χ1v) is 6.85. The molecule has 2 saturated heterocycles. The third kappa shape index (κ3) is 2.67. The molecule has 2 heterocycles. The van der Waals surface area contributed by atoms with Gasteiger partial charge in [-0.05, 0) is 12.1 Å². The summed E-state index contributed by atoms with van der Waals surface area (Å²) >= 11 is 0. The largest absolute Gasteiger partial charge is 0.346 e. The van der Waals surface area contributed by atoms with Crippen LogP contribution in [0.25, 0.3) is 0 Å². The van der Waals surface area contributed by atoms with Crippen molar-refractivity contribution < 1.29 is 14.4 Å². The molecule has 110 valence electrons. The van der Waals surface area contributed by atoms with E-state index in [4.69, 9.17) is 0 Å². The SMILES string of the molecule is O=C1NCC2CN(C(=O)Nc3ccccc3)CCN2C1=O. The maximum atomic E-state index is 12.2. The van der Waals surface area contributed by atoms with Crippen molar-refractivity contribution in [2.75, 3.05) is 31.5 Å². The Hall–Kier alpha value is -2.57. The normalized spacial score (nSPS) is 21.6. The van der Waals surface area contributed by atoms with Crippen LogP contribution < -0.4 is 10.6 Å². The zero-order chi connectivity index (χ0) is 14.8. The summed E-state index contributed by atoms with van der Waals surface area (Å²) in [6, 6.07) is 8.88. The number of nitrogens with one attached hydrogen (secondary N) is 2. The van der Waals surface area contributed by atoms with E-state index in [0.29, 0.717) is 26.2 Å². The first-order chi connectivity index (χ1) is 10.1. The number of nitrogens with zero attached hydrogens (tertiary/aromatic N) is 2. The van der Waals surface area contributed by atoms with Crippen LogP contribution in [0.1, 0.15) is 0 Å². The average molecular weight is 288 g/mol. The van der Waals surface area contributed by atoms with Crippen LogP contribution in [0.5, 0.6) is 0 Å². The lowest BCUT2D eigenvalue weighted by Gasteiger charge is -2.43. The highest BCUT2D eigenvalue weighted by molar-refractivity contribution is 6.35. The van der Waals surface area contributed by atoms with Gasteiger partial charge in [-0.3, -0.25) is 9.59 Å². The summed E-state index contributed by atoms with van der Waals surface area (Å²) in [6.07, 6.45) is 0. The van der Waals surface area contributed by atoms with Crippen LogP contribution in [0.4, 0.5) is 10.5 Å². The molecule has 4 amide bonds. The fourth-order valence-electron chi connectivity index (χ4n) is 2.62. The second-order valence-corrected chi connectivity index (χ2v) is 5.10. The van der Waals surface area contributed by atoms with Crippen LogP contribution in [0, 0.1) is 0 Å². The number of carbonyl (C=O) groups excluding carboxylic acids is 3. The molecule has 1 atom stereocenters. The molecule has 2 fully saturated rings. The Morgan fingerprint density at radius 1 is 1.19 bits per heavy atom. The highest BCUT2D eigenvalue weighted by Gasteiger charge is 2.38. The molecule has 0 aliphatic carbocycles. The minimum absolute atomic E-state index is 0.148. The fourth-order valence-corrected chi connectivity index (χ4v) is 2.62. The summed E-state index contributed by atoms with van der Waals surface area (Å²) in [4.78, 5) is 38.5. The molecule has 0 spiro atoms. The molecule has 3 rings (SSSR count). The quantitative estimate of drug-likeness (QED) is 0.706. The number of para-hydroxylation sites is 1. The molecule has 7 nitrogen and oxygen atoms in total. The van der Waals surface area contributed by atoms with Gasteiger partial charge in [-0.1, -0.05) is 18.2 Å². The van der Waals surface area contributed by atoms with Crippen LogP contribution in [0.2, 0.25) is 0 Å². The van der Waals surface area contributed by atoms with Crippen LogP contribution in [0.3, 0.4) is 0 Å². The first kappa shape index (κ1) is 13.4. The van der Waals surface area contributed by atoms with Gasteiger partial charge in [0.05, 0.1) is 6.04 Å². The van der Waals surface area contributed by atoms with E-state index in [1.165, 1.54) is 0 Å². The van der Waals surface area contributed by atoms with Crippen molar-refractivity contribution in [3.05, 3.63) is 30.3 Å². The number of piperazine rings is 2. The summed E-state index contributed by atoms with van der Waals surface area (Å²) in [5, 5.41) is 5.37. The molecule has 0 bridgehead atoms. The number of urea groups is 1. The summed E-state index contributed by atoms with van der Waals surface area (Å²) in [6.45, 7) is 1.62. The Morgan fingerprint density at radius 2 is 1.95 bits per heavy atom. The highest BCUT2D eigenvalue weighted by Crippen LogP contribution is 2.14. The first-order valence-electron chi connectivity index (χ1n) is 6.85. The van der Waals surface area contributed by atoms with Crippen LogP contribution >= 0.6 is 0 Å². The molecular formula is C14H16N4O3. The van der Waals surface area contributed by atoms with Crippen molar-refractivity contribution in [1.29, 1.82) is 0 Å². The van der Waals surface area contributed by atoms with Crippen molar-refractivity contribution >= 4 is 23.5 Å². The molecule has 0 saturated carbocycles. The van der Waals surface area contributed by atoms with Crippen LogP contribution in [-0.2, 0) is 9.59 Å². The van der Waals surface area contributed by atoms with E-state index < -0.39 is 11.8 Å². The zero-order valence-electron chi connectivity index (χ0n) is 11.4. The van der Waals surface area contributed by atoms with E-state index in [-0.39, 0.29) is 12.1 Å². The number of benzene rings is 1. The fraction of sp³-hybridized carbons (Fsp3) is 0.357. The lowest BCUT2D eigenvalue weighted by Crippen LogP contribution is -2.66. The number of anilines is 1. The van der Waals surface area contributed by atoms with Crippen molar-refractivity contribution in [2.24, 2.45) is 0 Å². The van der Waals surface area contributed by atoms with E-state index >= 15 is 0 Å². The maximum absolute atomic E-state index is 12.2. The number of amides is 4. The third-order valence-electron chi connectivity index (χ3n) is 3.75. The van der Waals surface area contributed by atoms with Gasteiger partial charge in [-0.25, -0.2) is 4.79 Å². The monoisotopic (exact) mass is 288 g/mol. The Morgan fingerprint density at radius 3 is 2.71 bits per heavy atom. The van der Waals surface area contributed by atoms with E-state index in [9.17, 15) is 14.4 Å². The number of rotatable bonds is 1. The molecule has 0 aromatic heterocycles. The highest BCUT2D eigenvalue weighted by atomic mass is 16.2. The molecule has 2 N–H and O–H groups in total. The lowest BCUT2D eigenvalue weighted by molar-refractivity contribution is -0.152. The van der Waals surface area contributed by atoms with Gasteiger partial charge in [0.1, 0.15) is 0 Å². The van der Waals surface area contributed by atoms with Crippen LogP contribution in [-0.4, -0.2) is 59.9 Å². The van der Waals surface area contributed by atoms with Crippen molar-refractivity contribution in [3.8, 4) is 0 Å². The van der Waals surface area contributed by atoms with Crippen LogP contribution in [0.15, 0.2) is 30.3 Å². The Kier molecular flexibility index (Phi) is 3.47. The predicted octanol–water partition coefficient (Wildman–Crippen LogP) is -0.139. The molecule has 1 unspecified atom stereocenters. The lowest BCUT2D eigenvalue weighted by atomic mass is 10.1. The van der Waals surface area contributed by atoms with Gasteiger partial charge in [0.15, 0.2) is 0 Å². The third-order valence-corrected chi connectivity index (χ3v) is 3.75. The molecule has 2 aliphatic heterocycles. The van der Waals surface area contributed by atoms with E-state index in [1.54, 1.807) is 9.80 Å². The van der Waals surface area contributed by atoms with Gasteiger partial charge in [0, 0.05) is 31.9 Å². The minimum atomic E-state index is -0.562. The molecular weight excluding hydrogens is 272 g/mol. The van der Waals surface area contributed by atoms with Gasteiger partial charge in [-0.15, -0.1) is 0 Å². The molecule has 21 heavy (non-hydrogen) atoms. The van der Waals surface area contributed by atoms with Crippen molar-refractivity contribution in [3.63, 3.8) is 0 Å². The Labute approximate surface area is 121 Å². The number of fused-ring (bicyclic) bond motifs is 1. The summed E-state index contributed by atoms with van der Waals surface area (Å²) in [7, 11) is 0. The topological polar surface area (TPSA) is 81.8 Å². The van der Waals surface area contributed by atoms with Gasteiger partial charge in [0.2, 0.25) is 0 Å².